The third-order valence-electron chi connectivity index (χ3n) is 2.42. The van der Waals surface area contributed by atoms with Crippen LogP contribution in [0.5, 0.6) is 0 Å². The van der Waals surface area contributed by atoms with Gasteiger partial charge in [0, 0.05) is 18.8 Å². The summed E-state index contributed by atoms with van der Waals surface area (Å²) in [6.45, 7) is 6.86. The Morgan fingerprint density at radius 2 is 2.25 bits per heavy atom. The van der Waals surface area contributed by atoms with Crippen molar-refractivity contribution in [3.63, 3.8) is 0 Å². The van der Waals surface area contributed by atoms with Gasteiger partial charge in [0.15, 0.2) is 0 Å². The fourth-order valence-corrected chi connectivity index (χ4v) is 1.36. The van der Waals surface area contributed by atoms with Gasteiger partial charge < -0.3 is 10.2 Å². The van der Waals surface area contributed by atoms with E-state index in [1.807, 2.05) is 6.92 Å². The summed E-state index contributed by atoms with van der Waals surface area (Å²) >= 11 is 0. The molecule has 0 saturated carbocycles. The summed E-state index contributed by atoms with van der Waals surface area (Å²) in [5.74, 6) is 0.779. The highest BCUT2D eigenvalue weighted by Crippen LogP contribution is 2.08. The quantitative estimate of drug-likeness (QED) is 0.816. The van der Waals surface area contributed by atoms with Gasteiger partial charge in [-0.1, -0.05) is 6.92 Å². The lowest BCUT2D eigenvalue weighted by Crippen LogP contribution is -2.25. The average molecular weight is 218 g/mol. The molecule has 4 heteroatoms. The summed E-state index contributed by atoms with van der Waals surface area (Å²) < 4.78 is 0. The lowest BCUT2D eigenvalue weighted by atomic mass is 10.2. The van der Waals surface area contributed by atoms with Crippen molar-refractivity contribution < 1.29 is 0 Å². The van der Waals surface area contributed by atoms with E-state index in [0.29, 0.717) is 5.56 Å². The Balaban J connectivity index is 2.54. The first-order valence-corrected chi connectivity index (χ1v) is 5.47. The molecule has 0 aromatic carbocycles. The van der Waals surface area contributed by atoms with Gasteiger partial charge in [-0.05, 0) is 32.6 Å². The Morgan fingerprint density at radius 3 is 2.88 bits per heavy atom. The van der Waals surface area contributed by atoms with Crippen LogP contribution in [0.2, 0.25) is 0 Å². The number of aryl methyl sites for hydroxylation is 1. The number of pyridine rings is 1. The van der Waals surface area contributed by atoms with E-state index in [4.69, 9.17) is 5.26 Å². The lowest BCUT2D eigenvalue weighted by Gasteiger charge is -2.14. The zero-order chi connectivity index (χ0) is 12.0. The predicted octanol–water partition coefficient (Wildman–Crippen LogP) is 1.63. The molecule has 1 N–H and O–H groups in total. The second-order valence-electron chi connectivity index (χ2n) is 3.82. The van der Waals surface area contributed by atoms with Gasteiger partial charge in [0.1, 0.15) is 5.82 Å². The van der Waals surface area contributed by atoms with Gasteiger partial charge in [0.2, 0.25) is 0 Å². The maximum Gasteiger partial charge on any atom is 0.127 e. The molecule has 0 fully saturated rings. The van der Waals surface area contributed by atoms with Crippen LogP contribution in [0.1, 0.15) is 18.2 Å². The maximum atomic E-state index is 8.82. The minimum absolute atomic E-state index is 0.652. The van der Waals surface area contributed by atoms with E-state index in [1.165, 1.54) is 0 Å². The molecule has 0 radical (unpaired) electrons. The molecule has 1 rings (SSSR count). The summed E-state index contributed by atoms with van der Waals surface area (Å²) in [5.41, 5.74) is 1.52. The Bertz CT molecular complexity index is 381. The molecule has 0 aliphatic heterocycles. The molecule has 1 heterocycles. The minimum Gasteiger partial charge on any atom is -0.369 e. The molecule has 0 atom stereocenters. The summed E-state index contributed by atoms with van der Waals surface area (Å²) in [6, 6.07) is 5.69. The van der Waals surface area contributed by atoms with Gasteiger partial charge in [-0.25, -0.2) is 4.98 Å². The normalized spacial score (nSPS) is 10.2. The molecular formula is C12H18N4. The third kappa shape index (κ3) is 3.87. The summed E-state index contributed by atoms with van der Waals surface area (Å²) in [6.07, 6.45) is 0. The Hall–Kier alpha value is -1.60. The van der Waals surface area contributed by atoms with Crippen LogP contribution < -0.4 is 5.32 Å². The first-order valence-electron chi connectivity index (χ1n) is 5.47. The molecule has 4 nitrogen and oxygen atoms in total. The molecule has 0 aliphatic carbocycles. The standard InChI is InChI=1S/C12H18N4/c1-4-16(3)6-5-14-12-8-11(9-13)7-10(2)15-12/h7-8H,4-6H2,1-3H3,(H,14,15). The average Bonchev–Trinajstić information content (AvgIpc) is 2.28. The van der Waals surface area contributed by atoms with Gasteiger partial charge in [0.25, 0.3) is 0 Å². The number of anilines is 1. The van der Waals surface area contributed by atoms with Crippen LogP contribution in [-0.2, 0) is 0 Å². The molecule has 1 aromatic heterocycles. The third-order valence-corrected chi connectivity index (χ3v) is 2.42. The first-order chi connectivity index (χ1) is 7.65. The van der Waals surface area contributed by atoms with Crippen LogP contribution in [-0.4, -0.2) is 36.6 Å². The fourth-order valence-electron chi connectivity index (χ4n) is 1.36. The minimum atomic E-state index is 0.652. The van der Waals surface area contributed by atoms with Crippen molar-refractivity contribution in [1.29, 1.82) is 5.26 Å². The molecule has 0 aliphatic rings. The van der Waals surface area contributed by atoms with Crippen molar-refractivity contribution in [2.24, 2.45) is 0 Å². The van der Waals surface area contributed by atoms with Crippen molar-refractivity contribution in [2.45, 2.75) is 13.8 Å². The van der Waals surface area contributed by atoms with Crippen molar-refractivity contribution >= 4 is 5.82 Å². The number of rotatable bonds is 5. The van der Waals surface area contributed by atoms with Crippen molar-refractivity contribution in [3.8, 4) is 6.07 Å². The number of nitriles is 1. The molecule has 0 spiro atoms. The van der Waals surface area contributed by atoms with Crippen LogP contribution in [0.15, 0.2) is 12.1 Å². The highest BCUT2D eigenvalue weighted by atomic mass is 15.1. The highest BCUT2D eigenvalue weighted by molar-refractivity contribution is 5.44. The summed E-state index contributed by atoms with van der Waals surface area (Å²) in [4.78, 5) is 6.54. The van der Waals surface area contributed by atoms with Crippen LogP contribution in [0.3, 0.4) is 0 Å². The SMILES string of the molecule is CCN(C)CCNc1cc(C#N)cc(C)n1. The van der Waals surface area contributed by atoms with E-state index >= 15 is 0 Å². The van der Waals surface area contributed by atoms with Crippen molar-refractivity contribution in [2.75, 3.05) is 32.0 Å². The highest BCUT2D eigenvalue weighted by Gasteiger charge is 1.99. The number of hydrogen-bond acceptors (Lipinski definition) is 4. The number of nitrogens with one attached hydrogen (secondary N) is 1. The van der Waals surface area contributed by atoms with E-state index < -0.39 is 0 Å². The van der Waals surface area contributed by atoms with Crippen LogP contribution in [0, 0.1) is 18.3 Å². The molecule has 0 saturated heterocycles. The molecule has 1 aromatic rings. The summed E-state index contributed by atoms with van der Waals surface area (Å²) in [5, 5.41) is 12.0. The Labute approximate surface area is 96.9 Å². The van der Waals surface area contributed by atoms with Gasteiger partial charge in [0.05, 0.1) is 11.6 Å². The molecule has 0 amide bonds. The summed E-state index contributed by atoms with van der Waals surface area (Å²) in [7, 11) is 2.08. The zero-order valence-corrected chi connectivity index (χ0v) is 10.1. The van der Waals surface area contributed by atoms with Gasteiger partial charge in [-0.15, -0.1) is 0 Å². The van der Waals surface area contributed by atoms with Crippen molar-refractivity contribution in [3.05, 3.63) is 23.4 Å². The van der Waals surface area contributed by atoms with Crippen molar-refractivity contribution in [1.82, 2.24) is 9.88 Å². The second-order valence-corrected chi connectivity index (χ2v) is 3.82. The maximum absolute atomic E-state index is 8.82. The van der Waals surface area contributed by atoms with Crippen LogP contribution >= 0.6 is 0 Å². The van der Waals surface area contributed by atoms with Gasteiger partial charge >= 0.3 is 0 Å². The smallest absolute Gasteiger partial charge is 0.127 e. The number of hydrogen-bond donors (Lipinski definition) is 1. The van der Waals surface area contributed by atoms with Gasteiger partial charge in [-0.3, -0.25) is 0 Å². The van der Waals surface area contributed by atoms with E-state index in [-0.39, 0.29) is 0 Å². The van der Waals surface area contributed by atoms with Crippen LogP contribution in [0.25, 0.3) is 0 Å². The Kier molecular flexibility index (Phi) is 4.74. The number of aromatic nitrogens is 1. The Morgan fingerprint density at radius 1 is 1.50 bits per heavy atom. The molecule has 0 unspecified atom stereocenters. The van der Waals surface area contributed by atoms with E-state index in [2.05, 4.69) is 35.2 Å². The molecule has 16 heavy (non-hydrogen) atoms. The molecule has 86 valence electrons. The van der Waals surface area contributed by atoms with E-state index in [9.17, 15) is 0 Å². The van der Waals surface area contributed by atoms with Gasteiger partial charge in [-0.2, -0.15) is 5.26 Å². The number of likely N-dealkylation sites (N-methyl/N-ethyl adjacent to an activating group) is 1. The topological polar surface area (TPSA) is 52.0 Å². The van der Waals surface area contributed by atoms with E-state index in [0.717, 1.165) is 31.1 Å². The lowest BCUT2D eigenvalue weighted by molar-refractivity contribution is 0.367. The largest absolute Gasteiger partial charge is 0.369 e. The zero-order valence-electron chi connectivity index (χ0n) is 10.1. The van der Waals surface area contributed by atoms with E-state index in [1.54, 1.807) is 12.1 Å². The second kappa shape index (κ2) is 6.09. The predicted molar refractivity (Wildman–Crippen MR) is 65.3 cm³/mol. The molecule has 0 bridgehead atoms. The fraction of sp³-hybridized carbons (Fsp3) is 0.500. The number of nitrogens with zero attached hydrogens (tertiary/aromatic N) is 3. The van der Waals surface area contributed by atoms with Crippen LogP contribution in [0.4, 0.5) is 5.82 Å². The first kappa shape index (κ1) is 12.5. The monoisotopic (exact) mass is 218 g/mol. The molecular weight excluding hydrogens is 200 g/mol.